The molecule has 124 valence electrons. The van der Waals surface area contributed by atoms with E-state index in [2.05, 4.69) is 9.97 Å². The van der Waals surface area contributed by atoms with Gasteiger partial charge in [-0.25, -0.2) is 18.7 Å². The highest BCUT2D eigenvalue weighted by atomic mass is 35.5. The average Bonchev–Trinajstić information content (AvgIpc) is 2.56. The molecular formula is C18H8Cl2F2N2O. The van der Waals surface area contributed by atoms with Crippen molar-refractivity contribution in [3.63, 3.8) is 0 Å². The summed E-state index contributed by atoms with van der Waals surface area (Å²) < 4.78 is 29.8. The van der Waals surface area contributed by atoms with Crippen LogP contribution >= 0.6 is 23.2 Å². The third kappa shape index (κ3) is 2.56. The molecule has 7 heteroatoms. The second-order valence-corrected chi connectivity index (χ2v) is 6.14. The number of aromatic hydroxyl groups is 1. The summed E-state index contributed by atoms with van der Waals surface area (Å²) in [5, 5.41) is 10.8. The molecule has 0 aliphatic carbocycles. The van der Waals surface area contributed by atoms with Crippen LogP contribution in [-0.2, 0) is 0 Å². The van der Waals surface area contributed by atoms with Gasteiger partial charge in [0.25, 0.3) is 0 Å². The smallest absolute Gasteiger partial charge is 0.224 e. The zero-order valence-corrected chi connectivity index (χ0v) is 13.9. The molecule has 1 heterocycles. The highest BCUT2D eigenvalue weighted by Gasteiger charge is 2.21. The van der Waals surface area contributed by atoms with Crippen LogP contribution in [0.15, 0.2) is 42.5 Å². The van der Waals surface area contributed by atoms with Gasteiger partial charge in [0.2, 0.25) is 5.28 Å². The molecule has 0 bridgehead atoms. The van der Waals surface area contributed by atoms with Crippen LogP contribution in [0.1, 0.15) is 0 Å². The predicted molar refractivity (Wildman–Crippen MR) is 94.1 cm³/mol. The normalized spacial score (nSPS) is 11.4. The van der Waals surface area contributed by atoms with Crippen molar-refractivity contribution in [1.29, 1.82) is 0 Å². The number of hydrogen-bond donors (Lipinski definition) is 1. The molecule has 0 amide bonds. The number of phenolic OH excluding ortho intramolecular Hbond substituents is 1. The van der Waals surface area contributed by atoms with Crippen LogP contribution in [0.3, 0.4) is 0 Å². The summed E-state index contributed by atoms with van der Waals surface area (Å²) in [6, 6.07) is 10.9. The topological polar surface area (TPSA) is 46.0 Å². The maximum absolute atomic E-state index is 15.1. The molecule has 3 nitrogen and oxygen atoms in total. The van der Waals surface area contributed by atoms with E-state index in [1.807, 2.05) is 0 Å². The Hall–Kier alpha value is -2.50. The van der Waals surface area contributed by atoms with Crippen molar-refractivity contribution in [3.8, 4) is 16.9 Å². The summed E-state index contributed by atoms with van der Waals surface area (Å²) >= 11 is 11.7. The van der Waals surface area contributed by atoms with Crippen molar-refractivity contribution in [2.75, 3.05) is 0 Å². The van der Waals surface area contributed by atoms with E-state index in [1.54, 1.807) is 24.3 Å². The number of halogens is 4. The molecule has 4 aromatic rings. The van der Waals surface area contributed by atoms with E-state index in [0.29, 0.717) is 10.8 Å². The van der Waals surface area contributed by atoms with Gasteiger partial charge in [0.15, 0.2) is 5.82 Å². The second-order valence-electron chi connectivity index (χ2n) is 5.44. The first kappa shape index (κ1) is 16.0. The Bertz CT molecular complexity index is 1170. The Morgan fingerprint density at radius 1 is 0.920 bits per heavy atom. The van der Waals surface area contributed by atoms with E-state index < -0.39 is 11.6 Å². The number of benzene rings is 3. The highest BCUT2D eigenvalue weighted by Crippen LogP contribution is 2.38. The quantitative estimate of drug-likeness (QED) is 0.340. The lowest BCUT2D eigenvalue weighted by Crippen LogP contribution is -1.97. The van der Waals surface area contributed by atoms with Gasteiger partial charge in [-0.15, -0.1) is 0 Å². The van der Waals surface area contributed by atoms with Crippen LogP contribution in [0.5, 0.6) is 5.75 Å². The number of aromatic nitrogens is 2. The van der Waals surface area contributed by atoms with Crippen molar-refractivity contribution < 1.29 is 13.9 Å². The fourth-order valence-electron chi connectivity index (χ4n) is 2.88. The molecule has 0 aliphatic heterocycles. The van der Waals surface area contributed by atoms with Crippen LogP contribution in [-0.4, -0.2) is 15.1 Å². The molecule has 0 saturated heterocycles. The van der Waals surface area contributed by atoms with E-state index in [4.69, 9.17) is 23.2 Å². The molecule has 4 rings (SSSR count). The van der Waals surface area contributed by atoms with Crippen LogP contribution in [0, 0.1) is 11.6 Å². The van der Waals surface area contributed by atoms with Crippen LogP contribution in [0.2, 0.25) is 10.4 Å². The van der Waals surface area contributed by atoms with Gasteiger partial charge in [-0.1, -0.05) is 35.9 Å². The summed E-state index contributed by atoms with van der Waals surface area (Å²) in [7, 11) is 0. The number of fused-ring (bicyclic) bond motifs is 2. The fourth-order valence-corrected chi connectivity index (χ4v) is 3.32. The Balaban J connectivity index is 2.16. The molecular weight excluding hydrogens is 369 g/mol. The SMILES string of the molecule is Oc1cc(-c2c(F)cc3c(Cl)nc(Cl)nc3c2F)c2ccccc2c1. The molecule has 0 saturated carbocycles. The summed E-state index contributed by atoms with van der Waals surface area (Å²) in [5.74, 6) is -1.86. The largest absolute Gasteiger partial charge is 0.508 e. The zero-order valence-electron chi connectivity index (χ0n) is 12.4. The molecule has 0 unspecified atom stereocenters. The first-order valence-corrected chi connectivity index (χ1v) is 7.94. The van der Waals surface area contributed by atoms with Gasteiger partial charge >= 0.3 is 0 Å². The van der Waals surface area contributed by atoms with Crippen LogP contribution in [0.25, 0.3) is 32.8 Å². The van der Waals surface area contributed by atoms with E-state index in [9.17, 15) is 9.50 Å². The molecule has 0 fully saturated rings. The first-order chi connectivity index (χ1) is 12.0. The zero-order chi connectivity index (χ0) is 17.7. The third-order valence-electron chi connectivity index (χ3n) is 3.93. The summed E-state index contributed by atoms with van der Waals surface area (Å²) in [4.78, 5) is 7.53. The Labute approximate surface area is 150 Å². The van der Waals surface area contributed by atoms with Gasteiger partial charge < -0.3 is 5.11 Å². The summed E-state index contributed by atoms with van der Waals surface area (Å²) in [6.07, 6.45) is 0. The van der Waals surface area contributed by atoms with E-state index in [0.717, 1.165) is 6.07 Å². The van der Waals surface area contributed by atoms with E-state index in [-0.39, 0.29) is 38.2 Å². The van der Waals surface area contributed by atoms with Crippen molar-refractivity contribution in [3.05, 3.63) is 64.5 Å². The minimum absolute atomic E-state index is 0.0225. The third-order valence-corrected chi connectivity index (χ3v) is 4.38. The molecule has 3 aromatic carbocycles. The molecule has 0 radical (unpaired) electrons. The van der Waals surface area contributed by atoms with Gasteiger partial charge in [0.05, 0.1) is 5.56 Å². The lowest BCUT2D eigenvalue weighted by Gasteiger charge is -2.12. The van der Waals surface area contributed by atoms with Gasteiger partial charge in [0, 0.05) is 5.39 Å². The van der Waals surface area contributed by atoms with Crippen molar-refractivity contribution in [2.24, 2.45) is 0 Å². The number of phenols is 1. The number of nitrogens with zero attached hydrogens (tertiary/aromatic N) is 2. The van der Waals surface area contributed by atoms with E-state index in [1.165, 1.54) is 12.1 Å². The second kappa shape index (κ2) is 5.79. The number of rotatable bonds is 1. The van der Waals surface area contributed by atoms with Crippen molar-refractivity contribution >= 4 is 44.9 Å². The van der Waals surface area contributed by atoms with Gasteiger partial charge in [-0.3, -0.25) is 0 Å². The van der Waals surface area contributed by atoms with Crippen LogP contribution in [0.4, 0.5) is 8.78 Å². The van der Waals surface area contributed by atoms with Gasteiger partial charge in [-0.05, 0) is 46.1 Å². The van der Waals surface area contributed by atoms with Crippen molar-refractivity contribution in [1.82, 2.24) is 9.97 Å². The standard InChI is InChI=1S/C18H8Cl2F2N2O/c19-17-12-7-13(21)14(15(22)16(12)23-18(20)24-17)11-6-9(25)5-8-3-1-2-4-10(8)11/h1-7,25H. The molecule has 0 aliphatic rings. The maximum atomic E-state index is 15.1. The Morgan fingerprint density at radius 3 is 2.48 bits per heavy atom. The highest BCUT2D eigenvalue weighted by molar-refractivity contribution is 6.35. The fraction of sp³-hybridized carbons (Fsp3) is 0. The lowest BCUT2D eigenvalue weighted by molar-refractivity contribution is 0.476. The Morgan fingerprint density at radius 2 is 1.68 bits per heavy atom. The van der Waals surface area contributed by atoms with Gasteiger partial charge in [0.1, 0.15) is 22.2 Å². The number of hydrogen-bond acceptors (Lipinski definition) is 3. The molecule has 25 heavy (non-hydrogen) atoms. The minimum atomic E-state index is -0.919. The monoisotopic (exact) mass is 376 g/mol. The maximum Gasteiger partial charge on any atom is 0.224 e. The average molecular weight is 377 g/mol. The molecule has 0 atom stereocenters. The minimum Gasteiger partial charge on any atom is -0.508 e. The molecule has 1 N–H and O–H groups in total. The van der Waals surface area contributed by atoms with Crippen LogP contribution < -0.4 is 0 Å². The predicted octanol–water partition coefficient (Wildman–Crippen LogP) is 5.74. The first-order valence-electron chi connectivity index (χ1n) is 7.18. The molecule has 0 spiro atoms. The molecule has 1 aromatic heterocycles. The van der Waals surface area contributed by atoms with Crippen molar-refractivity contribution in [2.45, 2.75) is 0 Å². The summed E-state index contributed by atoms with van der Waals surface area (Å²) in [5.41, 5.74) is -0.294. The van der Waals surface area contributed by atoms with Gasteiger partial charge in [-0.2, -0.15) is 0 Å². The van der Waals surface area contributed by atoms with E-state index >= 15 is 4.39 Å². The lowest BCUT2D eigenvalue weighted by atomic mass is 9.96. The summed E-state index contributed by atoms with van der Waals surface area (Å²) in [6.45, 7) is 0. The Kier molecular flexibility index (Phi) is 3.71.